The molecule has 2 aromatic heterocycles. The molecular formula is C21H20N6O2S. The Labute approximate surface area is 177 Å². The molecule has 1 aromatic carbocycles. The van der Waals surface area contributed by atoms with Crippen molar-refractivity contribution in [3.63, 3.8) is 0 Å². The highest BCUT2D eigenvalue weighted by atomic mass is 32.1. The highest BCUT2D eigenvalue weighted by Gasteiger charge is 2.27. The average molecular weight is 420 g/mol. The molecule has 0 unspecified atom stereocenters. The first-order chi connectivity index (χ1) is 14.5. The molecule has 4 rings (SSSR count). The second-order valence-corrected chi connectivity index (χ2v) is 8.10. The average Bonchev–Trinajstić information content (AvgIpc) is 3.35. The van der Waals surface area contributed by atoms with Gasteiger partial charge in [-0.05, 0) is 17.5 Å². The van der Waals surface area contributed by atoms with Crippen molar-refractivity contribution >= 4 is 28.3 Å². The molecule has 0 aliphatic carbocycles. The van der Waals surface area contributed by atoms with Crippen LogP contribution in [0.3, 0.4) is 0 Å². The van der Waals surface area contributed by atoms with Crippen molar-refractivity contribution in [3.05, 3.63) is 69.9 Å². The third kappa shape index (κ3) is 4.04. The number of aryl methyl sites for hydroxylation is 1. The van der Waals surface area contributed by atoms with Crippen molar-refractivity contribution in [2.45, 2.75) is 19.5 Å². The second-order valence-electron chi connectivity index (χ2n) is 6.99. The number of thiophene rings is 1. The maximum atomic E-state index is 12.6. The summed E-state index contributed by atoms with van der Waals surface area (Å²) in [4.78, 5) is 27.7. The number of carbonyl (C=O) groups excluding carboxylic acids is 2. The van der Waals surface area contributed by atoms with E-state index >= 15 is 0 Å². The zero-order chi connectivity index (χ0) is 21.1. The SMILES string of the molecule is Cn1cc(C(=O)Nc2sc3c(c2C#N)CCN(C(=O)NCc2ccccc2)C3)cn1. The molecule has 0 bridgehead atoms. The lowest BCUT2D eigenvalue weighted by atomic mass is 10.0. The summed E-state index contributed by atoms with van der Waals surface area (Å²) < 4.78 is 1.55. The van der Waals surface area contributed by atoms with E-state index < -0.39 is 0 Å². The molecule has 0 spiro atoms. The molecule has 1 aliphatic rings. The van der Waals surface area contributed by atoms with Gasteiger partial charge in [-0.3, -0.25) is 9.48 Å². The highest BCUT2D eigenvalue weighted by Crippen LogP contribution is 2.36. The molecule has 9 heteroatoms. The Bertz CT molecular complexity index is 1130. The van der Waals surface area contributed by atoms with Gasteiger partial charge in [-0.25, -0.2) is 4.79 Å². The Kier molecular flexibility index (Phi) is 5.50. The van der Waals surface area contributed by atoms with E-state index in [0.717, 1.165) is 16.0 Å². The largest absolute Gasteiger partial charge is 0.334 e. The Hall–Kier alpha value is -3.64. The van der Waals surface area contributed by atoms with Crippen LogP contribution in [-0.4, -0.2) is 33.2 Å². The molecule has 2 N–H and O–H groups in total. The number of amides is 3. The molecule has 8 nitrogen and oxygen atoms in total. The summed E-state index contributed by atoms with van der Waals surface area (Å²) in [5.74, 6) is -0.310. The maximum absolute atomic E-state index is 12.6. The number of carbonyl (C=O) groups is 2. The fourth-order valence-corrected chi connectivity index (χ4v) is 4.59. The van der Waals surface area contributed by atoms with Crippen molar-refractivity contribution in [2.75, 3.05) is 11.9 Å². The quantitative estimate of drug-likeness (QED) is 0.677. The molecule has 3 aromatic rings. The number of nitrogens with zero attached hydrogens (tertiary/aromatic N) is 4. The van der Waals surface area contributed by atoms with Gasteiger partial charge in [-0.15, -0.1) is 11.3 Å². The van der Waals surface area contributed by atoms with Gasteiger partial charge in [0.25, 0.3) is 5.91 Å². The molecule has 3 heterocycles. The van der Waals surface area contributed by atoms with Crippen LogP contribution in [0.25, 0.3) is 0 Å². The van der Waals surface area contributed by atoms with Crippen LogP contribution in [0.1, 0.15) is 31.9 Å². The molecule has 0 saturated carbocycles. The van der Waals surface area contributed by atoms with Gasteiger partial charge >= 0.3 is 6.03 Å². The maximum Gasteiger partial charge on any atom is 0.318 e. The molecule has 3 amide bonds. The number of benzene rings is 1. The molecule has 0 radical (unpaired) electrons. The number of anilines is 1. The first-order valence-electron chi connectivity index (χ1n) is 9.46. The zero-order valence-electron chi connectivity index (χ0n) is 16.4. The van der Waals surface area contributed by atoms with Crippen molar-refractivity contribution < 1.29 is 9.59 Å². The number of nitrogens with one attached hydrogen (secondary N) is 2. The predicted molar refractivity (Wildman–Crippen MR) is 113 cm³/mol. The highest BCUT2D eigenvalue weighted by molar-refractivity contribution is 7.16. The Morgan fingerprint density at radius 3 is 2.80 bits per heavy atom. The summed E-state index contributed by atoms with van der Waals surface area (Å²) in [6.07, 6.45) is 3.68. The molecule has 0 fully saturated rings. The van der Waals surface area contributed by atoms with Gasteiger partial charge in [0.1, 0.15) is 11.1 Å². The number of rotatable bonds is 4. The molecular weight excluding hydrogens is 400 g/mol. The van der Waals surface area contributed by atoms with E-state index in [1.165, 1.54) is 17.5 Å². The number of hydrogen-bond donors (Lipinski definition) is 2. The van der Waals surface area contributed by atoms with Gasteiger partial charge in [0.2, 0.25) is 0 Å². The summed E-state index contributed by atoms with van der Waals surface area (Å²) in [6.45, 7) is 1.40. The number of fused-ring (bicyclic) bond motifs is 1. The number of hydrogen-bond acceptors (Lipinski definition) is 5. The lowest BCUT2D eigenvalue weighted by Gasteiger charge is -2.27. The molecule has 152 valence electrons. The van der Waals surface area contributed by atoms with E-state index in [4.69, 9.17) is 0 Å². The summed E-state index contributed by atoms with van der Waals surface area (Å²) in [7, 11) is 1.73. The van der Waals surface area contributed by atoms with Gasteiger partial charge in [-0.2, -0.15) is 10.4 Å². The minimum Gasteiger partial charge on any atom is -0.334 e. The van der Waals surface area contributed by atoms with Crippen LogP contribution < -0.4 is 10.6 Å². The topological polar surface area (TPSA) is 103 Å². The van der Waals surface area contributed by atoms with Gasteiger partial charge < -0.3 is 15.5 Å². The van der Waals surface area contributed by atoms with Crippen LogP contribution in [0.5, 0.6) is 0 Å². The minimum absolute atomic E-state index is 0.141. The van der Waals surface area contributed by atoms with E-state index in [0.29, 0.717) is 42.2 Å². The number of aromatic nitrogens is 2. The summed E-state index contributed by atoms with van der Waals surface area (Å²) in [5.41, 5.74) is 2.86. The van der Waals surface area contributed by atoms with E-state index in [2.05, 4.69) is 21.8 Å². The van der Waals surface area contributed by atoms with E-state index in [-0.39, 0.29) is 11.9 Å². The van der Waals surface area contributed by atoms with Crippen LogP contribution in [0.2, 0.25) is 0 Å². The monoisotopic (exact) mass is 420 g/mol. The molecule has 30 heavy (non-hydrogen) atoms. The van der Waals surface area contributed by atoms with Crippen LogP contribution in [-0.2, 0) is 26.6 Å². The van der Waals surface area contributed by atoms with Crippen LogP contribution in [0.4, 0.5) is 9.80 Å². The van der Waals surface area contributed by atoms with E-state index in [9.17, 15) is 14.9 Å². The predicted octanol–water partition coefficient (Wildman–Crippen LogP) is 2.87. The van der Waals surface area contributed by atoms with E-state index in [1.807, 2.05) is 30.3 Å². The fourth-order valence-electron chi connectivity index (χ4n) is 3.38. The van der Waals surface area contributed by atoms with Crippen molar-refractivity contribution in [1.29, 1.82) is 5.26 Å². The van der Waals surface area contributed by atoms with Crippen molar-refractivity contribution in [2.24, 2.45) is 7.05 Å². The number of urea groups is 1. The van der Waals surface area contributed by atoms with Crippen LogP contribution >= 0.6 is 11.3 Å². The molecule has 1 aliphatic heterocycles. The van der Waals surface area contributed by atoms with Crippen LogP contribution in [0, 0.1) is 11.3 Å². The Morgan fingerprint density at radius 2 is 2.10 bits per heavy atom. The first kappa shape index (κ1) is 19.7. The van der Waals surface area contributed by atoms with Gasteiger partial charge in [0, 0.05) is 31.2 Å². The summed E-state index contributed by atoms with van der Waals surface area (Å²) >= 11 is 1.35. The van der Waals surface area contributed by atoms with Crippen LogP contribution in [0.15, 0.2) is 42.7 Å². The smallest absolute Gasteiger partial charge is 0.318 e. The summed E-state index contributed by atoms with van der Waals surface area (Å²) in [6, 6.07) is 11.8. The third-order valence-corrected chi connectivity index (χ3v) is 6.07. The van der Waals surface area contributed by atoms with Gasteiger partial charge in [0.05, 0.1) is 23.9 Å². The van der Waals surface area contributed by atoms with Gasteiger partial charge in [-0.1, -0.05) is 30.3 Å². The summed E-state index contributed by atoms with van der Waals surface area (Å²) in [5, 5.41) is 19.9. The van der Waals surface area contributed by atoms with E-state index in [1.54, 1.807) is 22.8 Å². The van der Waals surface area contributed by atoms with Crippen molar-refractivity contribution in [3.8, 4) is 6.07 Å². The minimum atomic E-state index is -0.310. The zero-order valence-corrected chi connectivity index (χ0v) is 17.2. The fraction of sp³-hybridized carbons (Fsp3) is 0.238. The molecule has 0 atom stereocenters. The second kappa shape index (κ2) is 8.39. The third-order valence-electron chi connectivity index (χ3n) is 4.94. The first-order valence-corrected chi connectivity index (χ1v) is 10.3. The normalized spacial score (nSPS) is 12.7. The Balaban J connectivity index is 1.45. The number of nitriles is 1. The van der Waals surface area contributed by atoms with Gasteiger partial charge in [0.15, 0.2) is 0 Å². The van der Waals surface area contributed by atoms with Crippen molar-refractivity contribution in [1.82, 2.24) is 20.0 Å². The standard InChI is InChI=1S/C21H20N6O2S/c1-26-12-15(11-24-26)19(28)25-20-17(9-22)16-7-8-27(13-18(16)30-20)21(29)23-10-14-5-3-2-4-6-14/h2-6,11-12H,7-8,10,13H2,1H3,(H,23,29)(H,25,28). The lowest BCUT2D eigenvalue weighted by Crippen LogP contribution is -2.42. The molecule has 0 saturated heterocycles. The Morgan fingerprint density at radius 1 is 1.30 bits per heavy atom. The lowest BCUT2D eigenvalue weighted by molar-refractivity contribution is 0.102.